The molecule has 0 atom stereocenters. The van der Waals surface area contributed by atoms with E-state index in [2.05, 4.69) is 4.99 Å². The van der Waals surface area contributed by atoms with Crippen molar-refractivity contribution in [3.05, 3.63) is 71.7 Å². The molecule has 2 aromatic heterocycles. The third kappa shape index (κ3) is 2.61. The summed E-state index contributed by atoms with van der Waals surface area (Å²) in [5, 5.41) is 0.724. The third-order valence-corrected chi connectivity index (χ3v) is 2.97. The molecule has 0 saturated carbocycles. The van der Waals surface area contributed by atoms with Crippen molar-refractivity contribution in [2.24, 2.45) is 4.99 Å². The first-order chi connectivity index (χ1) is 9.33. The molecule has 19 heavy (non-hydrogen) atoms. The summed E-state index contributed by atoms with van der Waals surface area (Å²) in [6, 6.07) is 15.2. The summed E-state index contributed by atoms with van der Waals surface area (Å²) in [5.41, 5.74) is 2.01. The second-order valence-electron chi connectivity index (χ2n) is 3.99. The Balaban J connectivity index is 1.92. The van der Waals surface area contributed by atoms with E-state index < -0.39 is 0 Å². The molecular formula is C15H11ClN2O. The summed E-state index contributed by atoms with van der Waals surface area (Å²) < 4.78 is 7.20. The molecule has 94 valence electrons. The number of hydrogen-bond acceptors (Lipinski definition) is 2. The molecule has 0 fully saturated rings. The van der Waals surface area contributed by atoms with E-state index in [-0.39, 0.29) is 0 Å². The summed E-state index contributed by atoms with van der Waals surface area (Å²) in [7, 11) is 0. The molecule has 4 heteroatoms. The normalized spacial score (nSPS) is 11.2. The second-order valence-corrected chi connectivity index (χ2v) is 4.43. The maximum absolute atomic E-state index is 5.89. The standard InChI is InChI=1S/C15H11ClN2O/c16-12-5-7-13(8-6-12)18-9-1-3-14(18)11-17-15-4-2-10-19-15/h1-11H. The van der Waals surface area contributed by atoms with Crippen molar-refractivity contribution in [3.63, 3.8) is 0 Å². The van der Waals surface area contributed by atoms with Crippen molar-refractivity contribution < 1.29 is 4.42 Å². The number of aliphatic imine (C=N–C) groups is 1. The number of benzene rings is 1. The lowest BCUT2D eigenvalue weighted by Crippen LogP contribution is -1.97. The Labute approximate surface area is 115 Å². The number of nitrogens with zero attached hydrogens (tertiary/aromatic N) is 2. The van der Waals surface area contributed by atoms with Crippen LogP contribution < -0.4 is 0 Å². The van der Waals surface area contributed by atoms with Crippen LogP contribution in [0.15, 0.2) is 70.4 Å². The Hall–Kier alpha value is -2.26. The van der Waals surface area contributed by atoms with Gasteiger partial charge in [-0.1, -0.05) is 11.6 Å². The molecule has 3 aromatic rings. The molecular weight excluding hydrogens is 260 g/mol. The zero-order valence-electron chi connectivity index (χ0n) is 10.0. The molecule has 0 spiro atoms. The molecule has 2 heterocycles. The Kier molecular flexibility index (Phi) is 3.21. The average molecular weight is 271 g/mol. The van der Waals surface area contributed by atoms with Crippen LogP contribution in [-0.4, -0.2) is 10.8 Å². The van der Waals surface area contributed by atoms with Crippen LogP contribution in [0.25, 0.3) is 5.69 Å². The third-order valence-electron chi connectivity index (χ3n) is 2.72. The lowest BCUT2D eigenvalue weighted by Gasteiger charge is -2.05. The van der Waals surface area contributed by atoms with Crippen LogP contribution in [0.2, 0.25) is 5.02 Å². The van der Waals surface area contributed by atoms with Gasteiger partial charge in [-0.15, -0.1) is 0 Å². The van der Waals surface area contributed by atoms with E-state index in [4.69, 9.17) is 16.0 Å². The van der Waals surface area contributed by atoms with E-state index in [1.165, 1.54) is 0 Å². The van der Waals surface area contributed by atoms with Gasteiger partial charge in [0, 0.05) is 23.0 Å². The monoisotopic (exact) mass is 270 g/mol. The Morgan fingerprint density at radius 1 is 1.05 bits per heavy atom. The summed E-state index contributed by atoms with van der Waals surface area (Å²) in [5.74, 6) is 0.587. The highest BCUT2D eigenvalue weighted by Crippen LogP contribution is 2.16. The second kappa shape index (κ2) is 5.16. The lowest BCUT2D eigenvalue weighted by atomic mass is 10.3. The summed E-state index contributed by atoms with van der Waals surface area (Å²) in [4.78, 5) is 4.27. The van der Waals surface area contributed by atoms with E-state index in [0.717, 1.165) is 16.4 Å². The number of rotatable bonds is 3. The molecule has 3 rings (SSSR count). The zero-order valence-corrected chi connectivity index (χ0v) is 10.8. The van der Waals surface area contributed by atoms with E-state index >= 15 is 0 Å². The predicted octanol–water partition coefficient (Wildman–Crippen LogP) is 4.47. The summed E-state index contributed by atoms with van der Waals surface area (Å²) >= 11 is 5.89. The highest BCUT2D eigenvalue weighted by atomic mass is 35.5. The fourth-order valence-electron chi connectivity index (χ4n) is 1.81. The number of furan rings is 1. The number of halogens is 1. The molecule has 0 radical (unpaired) electrons. The van der Waals surface area contributed by atoms with Gasteiger partial charge >= 0.3 is 0 Å². The van der Waals surface area contributed by atoms with Crippen LogP contribution in [-0.2, 0) is 0 Å². The largest absolute Gasteiger partial charge is 0.447 e. The van der Waals surface area contributed by atoms with Crippen molar-refractivity contribution in [1.82, 2.24) is 4.57 Å². The SMILES string of the molecule is Clc1ccc(-n2cccc2C=Nc2ccco2)cc1. The van der Waals surface area contributed by atoms with Crippen LogP contribution >= 0.6 is 11.6 Å². The van der Waals surface area contributed by atoms with Crippen molar-refractivity contribution in [2.75, 3.05) is 0 Å². The van der Waals surface area contributed by atoms with Gasteiger partial charge in [0.05, 0.1) is 18.2 Å². The first-order valence-electron chi connectivity index (χ1n) is 5.84. The number of aromatic nitrogens is 1. The quantitative estimate of drug-likeness (QED) is 0.646. The maximum Gasteiger partial charge on any atom is 0.218 e. The van der Waals surface area contributed by atoms with Gasteiger partial charge < -0.3 is 8.98 Å². The Bertz CT molecular complexity index is 681. The van der Waals surface area contributed by atoms with Crippen molar-refractivity contribution >= 4 is 23.7 Å². The van der Waals surface area contributed by atoms with Crippen molar-refractivity contribution in [1.29, 1.82) is 0 Å². The van der Waals surface area contributed by atoms with Gasteiger partial charge in [-0.25, -0.2) is 4.99 Å². The molecule has 0 aliphatic heterocycles. The molecule has 3 nitrogen and oxygen atoms in total. The fraction of sp³-hybridized carbons (Fsp3) is 0. The number of hydrogen-bond donors (Lipinski definition) is 0. The molecule has 0 N–H and O–H groups in total. The van der Waals surface area contributed by atoms with Gasteiger partial charge in [0.2, 0.25) is 5.88 Å². The van der Waals surface area contributed by atoms with Gasteiger partial charge in [-0.3, -0.25) is 0 Å². The minimum Gasteiger partial charge on any atom is -0.447 e. The maximum atomic E-state index is 5.89. The lowest BCUT2D eigenvalue weighted by molar-refractivity contribution is 0.578. The van der Waals surface area contributed by atoms with Crippen LogP contribution in [0.1, 0.15) is 5.69 Å². The van der Waals surface area contributed by atoms with Gasteiger partial charge in [-0.2, -0.15) is 0 Å². The van der Waals surface area contributed by atoms with E-state index in [1.807, 2.05) is 59.3 Å². The molecule has 0 aliphatic carbocycles. The van der Waals surface area contributed by atoms with Gasteiger partial charge in [-0.05, 0) is 42.5 Å². The van der Waals surface area contributed by atoms with Crippen molar-refractivity contribution in [3.8, 4) is 5.69 Å². The molecule has 0 aliphatic rings. The highest BCUT2D eigenvalue weighted by molar-refractivity contribution is 6.30. The Morgan fingerprint density at radius 2 is 1.89 bits per heavy atom. The molecule has 0 unspecified atom stereocenters. The van der Waals surface area contributed by atoms with E-state index in [1.54, 1.807) is 12.5 Å². The minimum absolute atomic E-state index is 0.587. The molecule has 0 amide bonds. The smallest absolute Gasteiger partial charge is 0.218 e. The summed E-state index contributed by atoms with van der Waals surface area (Å²) in [6.07, 6.45) is 5.35. The zero-order chi connectivity index (χ0) is 13.1. The van der Waals surface area contributed by atoms with Gasteiger partial charge in [0.15, 0.2) is 0 Å². The first-order valence-corrected chi connectivity index (χ1v) is 6.21. The molecule has 0 saturated heterocycles. The fourth-order valence-corrected chi connectivity index (χ4v) is 1.94. The van der Waals surface area contributed by atoms with Gasteiger partial charge in [0.25, 0.3) is 0 Å². The Morgan fingerprint density at radius 3 is 2.63 bits per heavy atom. The van der Waals surface area contributed by atoms with Crippen LogP contribution in [0.4, 0.5) is 5.88 Å². The first kappa shape index (κ1) is 11.8. The molecule has 0 bridgehead atoms. The minimum atomic E-state index is 0.587. The van der Waals surface area contributed by atoms with E-state index in [9.17, 15) is 0 Å². The average Bonchev–Trinajstić information content (AvgIpc) is 3.08. The predicted molar refractivity (Wildman–Crippen MR) is 76.7 cm³/mol. The topological polar surface area (TPSA) is 30.4 Å². The van der Waals surface area contributed by atoms with Crippen LogP contribution in [0, 0.1) is 0 Å². The van der Waals surface area contributed by atoms with Gasteiger partial charge in [0.1, 0.15) is 0 Å². The van der Waals surface area contributed by atoms with Crippen molar-refractivity contribution in [2.45, 2.75) is 0 Å². The van der Waals surface area contributed by atoms with Crippen LogP contribution in [0.5, 0.6) is 0 Å². The van der Waals surface area contributed by atoms with E-state index in [0.29, 0.717) is 5.88 Å². The highest BCUT2D eigenvalue weighted by Gasteiger charge is 2.01. The molecule has 1 aromatic carbocycles. The summed E-state index contributed by atoms with van der Waals surface area (Å²) in [6.45, 7) is 0. The van der Waals surface area contributed by atoms with Crippen LogP contribution in [0.3, 0.4) is 0 Å².